The van der Waals surface area contributed by atoms with E-state index in [1.807, 2.05) is 19.9 Å². The summed E-state index contributed by atoms with van der Waals surface area (Å²) in [5.74, 6) is 1.44. The largest absolute Gasteiger partial charge is 0.396 e. The van der Waals surface area contributed by atoms with E-state index >= 15 is 0 Å². The lowest BCUT2D eigenvalue weighted by Crippen LogP contribution is -2.44. The summed E-state index contributed by atoms with van der Waals surface area (Å²) in [6.07, 6.45) is 2.43. The average molecular weight is 379 g/mol. The number of aliphatic hydroxyl groups is 1. The summed E-state index contributed by atoms with van der Waals surface area (Å²) in [5, 5.41) is 9.38. The fourth-order valence-corrected chi connectivity index (χ4v) is 4.67. The molecule has 1 aromatic rings. The van der Waals surface area contributed by atoms with Crippen LogP contribution in [-0.4, -0.2) is 59.2 Å². The van der Waals surface area contributed by atoms with E-state index in [1.165, 1.54) is 0 Å². The summed E-state index contributed by atoms with van der Waals surface area (Å²) >= 11 is 0. The molecular formula is C19H30FN5O2. The minimum absolute atomic E-state index is 0.0127. The molecule has 1 aromatic heterocycles. The highest BCUT2D eigenvalue weighted by Gasteiger charge is 2.46. The molecule has 0 bridgehead atoms. The summed E-state index contributed by atoms with van der Waals surface area (Å²) in [7, 11) is 0. The molecule has 3 N–H and O–H groups in total. The molecule has 1 saturated carbocycles. The molecule has 0 spiro atoms. The van der Waals surface area contributed by atoms with E-state index in [1.54, 1.807) is 6.33 Å². The van der Waals surface area contributed by atoms with Crippen LogP contribution in [0.2, 0.25) is 0 Å². The molecule has 0 aromatic carbocycles. The SMILES string of the molecule is CC(C)OC1CC2C(CC1F)NNC2c1cc(N2CC[C@H](CO)C2)ncn1. The lowest BCUT2D eigenvalue weighted by molar-refractivity contribution is -0.0708. The molecule has 2 saturated heterocycles. The van der Waals surface area contributed by atoms with Gasteiger partial charge < -0.3 is 14.7 Å². The second-order valence-electron chi connectivity index (χ2n) is 8.33. The molecule has 5 unspecified atom stereocenters. The Morgan fingerprint density at radius 1 is 1.33 bits per heavy atom. The third kappa shape index (κ3) is 3.94. The van der Waals surface area contributed by atoms with Crippen molar-refractivity contribution in [1.29, 1.82) is 0 Å². The second kappa shape index (κ2) is 7.95. The van der Waals surface area contributed by atoms with Gasteiger partial charge in [0.2, 0.25) is 0 Å². The van der Waals surface area contributed by atoms with E-state index in [0.29, 0.717) is 18.8 Å². The van der Waals surface area contributed by atoms with Gasteiger partial charge in [0.15, 0.2) is 0 Å². The van der Waals surface area contributed by atoms with Gasteiger partial charge in [0.25, 0.3) is 0 Å². The first-order valence-electron chi connectivity index (χ1n) is 10.0. The Kier molecular flexibility index (Phi) is 5.59. The van der Waals surface area contributed by atoms with E-state index in [0.717, 1.165) is 31.0 Å². The van der Waals surface area contributed by atoms with Crippen LogP contribution in [0, 0.1) is 11.8 Å². The molecule has 27 heavy (non-hydrogen) atoms. The van der Waals surface area contributed by atoms with E-state index in [-0.39, 0.29) is 36.8 Å². The molecule has 8 heteroatoms. The number of ether oxygens (including phenoxy) is 1. The third-order valence-corrected chi connectivity index (χ3v) is 6.06. The van der Waals surface area contributed by atoms with Crippen LogP contribution in [0.1, 0.15) is 44.8 Å². The van der Waals surface area contributed by atoms with E-state index in [4.69, 9.17) is 4.74 Å². The summed E-state index contributed by atoms with van der Waals surface area (Å²) in [5.41, 5.74) is 7.51. The zero-order valence-electron chi connectivity index (χ0n) is 16.0. The molecular weight excluding hydrogens is 349 g/mol. The lowest BCUT2D eigenvalue weighted by atomic mass is 9.78. The molecule has 3 heterocycles. The van der Waals surface area contributed by atoms with E-state index in [2.05, 4.69) is 25.7 Å². The number of nitrogens with one attached hydrogen (secondary N) is 2. The van der Waals surface area contributed by atoms with Crippen LogP contribution in [0.5, 0.6) is 0 Å². The Labute approximate surface area is 159 Å². The predicted molar refractivity (Wildman–Crippen MR) is 99.9 cm³/mol. The molecule has 3 fully saturated rings. The number of hydrogen-bond donors (Lipinski definition) is 3. The maximum atomic E-state index is 14.5. The third-order valence-electron chi connectivity index (χ3n) is 6.06. The molecule has 1 aliphatic carbocycles. The number of hydrogen-bond acceptors (Lipinski definition) is 7. The van der Waals surface area contributed by atoms with Gasteiger partial charge in [-0.25, -0.2) is 19.8 Å². The van der Waals surface area contributed by atoms with Crippen molar-refractivity contribution in [2.24, 2.45) is 11.8 Å². The van der Waals surface area contributed by atoms with Crippen LogP contribution >= 0.6 is 0 Å². The normalized spacial score (nSPS) is 36.4. The Morgan fingerprint density at radius 3 is 2.93 bits per heavy atom. The molecule has 3 aliphatic rings. The summed E-state index contributed by atoms with van der Waals surface area (Å²) < 4.78 is 20.3. The van der Waals surface area contributed by atoms with Crippen molar-refractivity contribution in [2.45, 2.75) is 63.6 Å². The first kappa shape index (κ1) is 19.0. The molecule has 6 atom stereocenters. The summed E-state index contributed by atoms with van der Waals surface area (Å²) in [6, 6.07) is 2.13. The number of nitrogens with zero attached hydrogens (tertiary/aromatic N) is 3. The highest BCUT2D eigenvalue weighted by molar-refractivity contribution is 5.41. The lowest BCUT2D eigenvalue weighted by Gasteiger charge is -2.36. The van der Waals surface area contributed by atoms with E-state index < -0.39 is 6.17 Å². The highest BCUT2D eigenvalue weighted by atomic mass is 19.1. The average Bonchev–Trinajstić information content (AvgIpc) is 3.28. The van der Waals surface area contributed by atoms with Crippen molar-refractivity contribution >= 4 is 5.82 Å². The van der Waals surface area contributed by atoms with Gasteiger partial charge in [-0.2, -0.15) is 0 Å². The number of halogens is 1. The number of anilines is 1. The number of alkyl halides is 1. The molecule has 150 valence electrons. The zero-order chi connectivity index (χ0) is 19.0. The van der Waals surface area contributed by atoms with Gasteiger partial charge in [-0.15, -0.1) is 0 Å². The van der Waals surface area contributed by atoms with Crippen LogP contribution in [0.3, 0.4) is 0 Å². The van der Waals surface area contributed by atoms with Gasteiger partial charge in [0, 0.05) is 43.6 Å². The van der Waals surface area contributed by atoms with E-state index in [9.17, 15) is 9.50 Å². The summed E-state index contributed by atoms with van der Waals surface area (Å²) in [6.45, 7) is 5.84. The van der Waals surface area contributed by atoms with Crippen molar-refractivity contribution < 1.29 is 14.2 Å². The number of rotatable bonds is 5. The van der Waals surface area contributed by atoms with Crippen molar-refractivity contribution in [1.82, 2.24) is 20.8 Å². The first-order valence-corrected chi connectivity index (χ1v) is 10.0. The maximum Gasteiger partial charge on any atom is 0.132 e. The number of fused-ring (bicyclic) bond motifs is 1. The van der Waals surface area contributed by atoms with Crippen molar-refractivity contribution in [3.63, 3.8) is 0 Å². The smallest absolute Gasteiger partial charge is 0.132 e. The number of aromatic nitrogens is 2. The van der Waals surface area contributed by atoms with Gasteiger partial charge in [-0.1, -0.05) is 0 Å². The fraction of sp³-hybridized carbons (Fsp3) is 0.789. The molecule has 4 rings (SSSR count). The van der Waals surface area contributed by atoms with Gasteiger partial charge in [0.05, 0.1) is 23.9 Å². The molecule has 7 nitrogen and oxygen atoms in total. The second-order valence-corrected chi connectivity index (χ2v) is 8.33. The molecule has 0 radical (unpaired) electrons. The van der Waals surface area contributed by atoms with Crippen LogP contribution in [0.4, 0.5) is 10.2 Å². The Hall–Kier alpha value is -1.35. The van der Waals surface area contributed by atoms with Crippen LogP contribution in [0.15, 0.2) is 12.4 Å². The number of hydrazine groups is 1. The van der Waals surface area contributed by atoms with Crippen molar-refractivity contribution in [3.05, 3.63) is 18.1 Å². The quantitative estimate of drug-likeness (QED) is 0.712. The van der Waals surface area contributed by atoms with Crippen molar-refractivity contribution in [2.75, 3.05) is 24.6 Å². The Bertz CT molecular complexity index is 648. The van der Waals surface area contributed by atoms with Gasteiger partial charge in [-0.05, 0) is 33.1 Å². The van der Waals surface area contributed by atoms with Gasteiger partial charge >= 0.3 is 0 Å². The maximum absolute atomic E-state index is 14.5. The Balaban J connectivity index is 1.49. The standard InChI is InChI=1S/C19H30FN5O2/c1-11(2)27-17-5-13-15(6-14(17)20)23-24-19(13)16-7-18(22-10-21-16)25-4-3-12(8-25)9-26/h7,10-15,17,19,23-24,26H,3-6,8-9H2,1-2H3/t12-,13?,14?,15?,17?,19?/m0/s1. The number of aliphatic hydroxyl groups excluding tert-OH is 1. The zero-order valence-corrected chi connectivity index (χ0v) is 16.0. The minimum atomic E-state index is -0.942. The Morgan fingerprint density at radius 2 is 2.19 bits per heavy atom. The first-order chi connectivity index (χ1) is 13.0. The van der Waals surface area contributed by atoms with Crippen LogP contribution in [-0.2, 0) is 4.74 Å². The minimum Gasteiger partial charge on any atom is -0.396 e. The van der Waals surface area contributed by atoms with Gasteiger partial charge in [0.1, 0.15) is 18.3 Å². The van der Waals surface area contributed by atoms with Crippen LogP contribution in [0.25, 0.3) is 0 Å². The van der Waals surface area contributed by atoms with Crippen LogP contribution < -0.4 is 15.8 Å². The topological polar surface area (TPSA) is 82.5 Å². The monoisotopic (exact) mass is 379 g/mol. The van der Waals surface area contributed by atoms with Gasteiger partial charge in [-0.3, -0.25) is 5.43 Å². The molecule has 2 aliphatic heterocycles. The summed E-state index contributed by atoms with van der Waals surface area (Å²) in [4.78, 5) is 11.1. The fourth-order valence-electron chi connectivity index (χ4n) is 4.67. The molecule has 0 amide bonds. The van der Waals surface area contributed by atoms with Crippen molar-refractivity contribution in [3.8, 4) is 0 Å². The predicted octanol–water partition coefficient (Wildman–Crippen LogP) is 1.35. The highest BCUT2D eigenvalue weighted by Crippen LogP contribution is 2.40.